The Morgan fingerprint density at radius 2 is 2.04 bits per heavy atom. The highest BCUT2D eigenvalue weighted by Crippen LogP contribution is 2.29. The number of anilines is 1. The van der Waals surface area contributed by atoms with E-state index in [-0.39, 0.29) is 12.0 Å². The maximum absolute atomic E-state index is 12.6. The molecule has 0 radical (unpaired) electrons. The molecular formula is C16H21N5OS. The fraction of sp³-hybridized carbons (Fsp3) is 0.562. The van der Waals surface area contributed by atoms with Gasteiger partial charge in [-0.3, -0.25) is 4.79 Å². The summed E-state index contributed by atoms with van der Waals surface area (Å²) in [6.45, 7) is 3.18. The molecule has 3 heterocycles. The van der Waals surface area contributed by atoms with Crippen molar-refractivity contribution in [2.24, 2.45) is 11.7 Å². The number of amides is 1. The molecule has 2 aromatic heterocycles. The van der Waals surface area contributed by atoms with E-state index in [2.05, 4.69) is 20.9 Å². The lowest BCUT2D eigenvalue weighted by molar-refractivity contribution is -0.135. The van der Waals surface area contributed by atoms with Gasteiger partial charge in [-0.05, 0) is 30.7 Å². The first-order valence-corrected chi connectivity index (χ1v) is 9.08. The van der Waals surface area contributed by atoms with E-state index < -0.39 is 0 Å². The van der Waals surface area contributed by atoms with Crippen molar-refractivity contribution in [1.29, 1.82) is 0 Å². The van der Waals surface area contributed by atoms with E-state index in [0.29, 0.717) is 5.91 Å². The summed E-state index contributed by atoms with van der Waals surface area (Å²) in [5.74, 6) is 1.42. The van der Waals surface area contributed by atoms with E-state index in [4.69, 9.17) is 5.73 Å². The van der Waals surface area contributed by atoms with Gasteiger partial charge in [0.25, 0.3) is 0 Å². The first kappa shape index (κ1) is 14.8. The monoisotopic (exact) mass is 331 g/mol. The normalized spacial score (nSPS) is 25.3. The highest BCUT2D eigenvalue weighted by atomic mass is 32.1. The highest BCUT2D eigenvalue weighted by Gasteiger charge is 2.32. The molecule has 1 aliphatic carbocycles. The molecule has 23 heavy (non-hydrogen) atoms. The van der Waals surface area contributed by atoms with Crippen LogP contribution in [-0.2, 0) is 4.79 Å². The van der Waals surface area contributed by atoms with E-state index in [1.54, 1.807) is 17.7 Å². The summed E-state index contributed by atoms with van der Waals surface area (Å²) in [5.41, 5.74) is 5.94. The van der Waals surface area contributed by atoms with Crippen LogP contribution in [0.5, 0.6) is 0 Å². The summed E-state index contributed by atoms with van der Waals surface area (Å²) in [4.78, 5) is 26.6. The van der Waals surface area contributed by atoms with Crippen LogP contribution in [0.3, 0.4) is 0 Å². The fourth-order valence-corrected chi connectivity index (χ4v) is 4.39. The number of carbonyl (C=O) groups excluding carboxylic acids is 1. The zero-order valence-electron chi connectivity index (χ0n) is 13.0. The molecule has 7 heteroatoms. The number of fused-ring (bicyclic) bond motifs is 1. The summed E-state index contributed by atoms with van der Waals surface area (Å²) in [7, 11) is 0. The van der Waals surface area contributed by atoms with Crippen molar-refractivity contribution >= 4 is 33.3 Å². The standard InChI is InChI=1S/C16H21N5OS/c17-12-2-1-11(9-12)16(22)21-6-4-20(5-7-21)14-13-3-8-23-15(13)19-10-18-14/h3,8,10-12H,1-2,4-7,9,17H2. The number of nitrogens with two attached hydrogens (primary N) is 1. The molecule has 6 nitrogen and oxygen atoms in total. The number of aromatic nitrogens is 2. The Hall–Kier alpha value is -1.73. The topological polar surface area (TPSA) is 75.4 Å². The average molecular weight is 331 g/mol. The van der Waals surface area contributed by atoms with Gasteiger partial charge in [-0.15, -0.1) is 11.3 Å². The third-order valence-electron chi connectivity index (χ3n) is 4.95. The molecule has 4 rings (SSSR count). The van der Waals surface area contributed by atoms with Gasteiger partial charge in [0.2, 0.25) is 5.91 Å². The van der Waals surface area contributed by atoms with Crippen molar-refractivity contribution in [3.63, 3.8) is 0 Å². The molecule has 2 aromatic rings. The van der Waals surface area contributed by atoms with Gasteiger partial charge in [0.05, 0.1) is 5.39 Å². The summed E-state index contributed by atoms with van der Waals surface area (Å²) >= 11 is 1.63. The summed E-state index contributed by atoms with van der Waals surface area (Å²) in [6, 6.07) is 2.28. The van der Waals surface area contributed by atoms with Gasteiger partial charge >= 0.3 is 0 Å². The second kappa shape index (κ2) is 6.05. The Morgan fingerprint density at radius 3 is 2.78 bits per heavy atom. The molecule has 0 spiro atoms. The predicted molar refractivity (Wildman–Crippen MR) is 91.5 cm³/mol. The van der Waals surface area contributed by atoms with E-state index in [1.807, 2.05) is 10.3 Å². The number of hydrogen-bond acceptors (Lipinski definition) is 6. The lowest BCUT2D eigenvalue weighted by Gasteiger charge is -2.36. The van der Waals surface area contributed by atoms with Crippen LogP contribution in [0.15, 0.2) is 17.8 Å². The highest BCUT2D eigenvalue weighted by molar-refractivity contribution is 7.16. The third-order valence-corrected chi connectivity index (χ3v) is 5.77. The summed E-state index contributed by atoms with van der Waals surface area (Å²) in [5, 5.41) is 3.16. The molecule has 1 saturated carbocycles. The van der Waals surface area contributed by atoms with Gasteiger partial charge in [0.15, 0.2) is 0 Å². The molecular weight excluding hydrogens is 310 g/mol. The number of thiophene rings is 1. The molecule has 2 N–H and O–H groups in total. The van der Waals surface area contributed by atoms with Crippen LogP contribution in [0, 0.1) is 5.92 Å². The minimum absolute atomic E-state index is 0.138. The van der Waals surface area contributed by atoms with Crippen LogP contribution in [-0.4, -0.2) is 53.0 Å². The van der Waals surface area contributed by atoms with Crippen molar-refractivity contribution in [2.45, 2.75) is 25.3 Å². The quantitative estimate of drug-likeness (QED) is 0.902. The van der Waals surface area contributed by atoms with Gasteiger partial charge in [-0.2, -0.15) is 0 Å². The lowest BCUT2D eigenvalue weighted by atomic mass is 10.1. The molecule has 1 amide bonds. The maximum atomic E-state index is 12.6. The minimum Gasteiger partial charge on any atom is -0.352 e. The predicted octanol–water partition coefficient (Wildman–Crippen LogP) is 1.47. The van der Waals surface area contributed by atoms with Crippen molar-refractivity contribution < 1.29 is 4.79 Å². The van der Waals surface area contributed by atoms with E-state index in [1.165, 1.54) is 0 Å². The molecule has 0 bridgehead atoms. The van der Waals surface area contributed by atoms with Crippen molar-refractivity contribution in [3.05, 3.63) is 17.8 Å². The molecule has 1 aliphatic heterocycles. The fourth-order valence-electron chi connectivity index (χ4n) is 3.67. The van der Waals surface area contributed by atoms with Crippen molar-refractivity contribution in [1.82, 2.24) is 14.9 Å². The largest absolute Gasteiger partial charge is 0.352 e. The van der Waals surface area contributed by atoms with Gasteiger partial charge in [-0.25, -0.2) is 9.97 Å². The zero-order chi connectivity index (χ0) is 15.8. The first-order valence-electron chi connectivity index (χ1n) is 8.20. The number of carbonyl (C=O) groups is 1. The Bertz CT molecular complexity index is 709. The second-order valence-corrected chi connectivity index (χ2v) is 7.31. The molecule has 1 saturated heterocycles. The Labute approximate surface area is 139 Å². The first-order chi connectivity index (χ1) is 11.2. The lowest BCUT2D eigenvalue weighted by Crippen LogP contribution is -2.50. The summed E-state index contributed by atoms with van der Waals surface area (Å²) in [6.07, 6.45) is 4.40. The second-order valence-electron chi connectivity index (χ2n) is 6.42. The van der Waals surface area contributed by atoms with Gasteiger partial charge in [0, 0.05) is 38.1 Å². The van der Waals surface area contributed by atoms with Gasteiger partial charge < -0.3 is 15.5 Å². The average Bonchev–Trinajstić information content (AvgIpc) is 3.22. The molecule has 2 fully saturated rings. The Morgan fingerprint density at radius 1 is 1.22 bits per heavy atom. The SMILES string of the molecule is NC1CCC(C(=O)N2CCN(c3ncnc4sccc34)CC2)C1. The Kier molecular flexibility index (Phi) is 3.90. The smallest absolute Gasteiger partial charge is 0.225 e. The molecule has 122 valence electrons. The molecule has 2 atom stereocenters. The van der Waals surface area contributed by atoms with Gasteiger partial charge in [-0.1, -0.05) is 0 Å². The van der Waals surface area contributed by atoms with E-state index in [9.17, 15) is 4.79 Å². The maximum Gasteiger partial charge on any atom is 0.225 e. The third kappa shape index (κ3) is 2.79. The molecule has 2 aliphatic rings. The van der Waals surface area contributed by atoms with Crippen LogP contribution >= 0.6 is 11.3 Å². The van der Waals surface area contributed by atoms with Crippen LogP contribution in [0.1, 0.15) is 19.3 Å². The van der Waals surface area contributed by atoms with Crippen molar-refractivity contribution in [2.75, 3.05) is 31.1 Å². The number of piperazine rings is 1. The number of nitrogens with zero attached hydrogens (tertiary/aromatic N) is 4. The number of hydrogen-bond donors (Lipinski definition) is 1. The minimum atomic E-state index is 0.138. The zero-order valence-corrected chi connectivity index (χ0v) is 13.8. The Balaban J connectivity index is 1.43. The van der Waals surface area contributed by atoms with E-state index in [0.717, 1.165) is 61.5 Å². The van der Waals surface area contributed by atoms with E-state index >= 15 is 0 Å². The molecule has 2 unspecified atom stereocenters. The molecule has 0 aromatic carbocycles. The van der Waals surface area contributed by atoms with Crippen LogP contribution in [0.2, 0.25) is 0 Å². The van der Waals surface area contributed by atoms with Crippen LogP contribution in [0.4, 0.5) is 5.82 Å². The van der Waals surface area contributed by atoms with Crippen molar-refractivity contribution in [3.8, 4) is 0 Å². The summed E-state index contributed by atoms with van der Waals surface area (Å²) < 4.78 is 0. The van der Waals surface area contributed by atoms with Gasteiger partial charge in [0.1, 0.15) is 17.0 Å². The van der Waals surface area contributed by atoms with Crippen LogP contribution in [0.25, 0.3) is 10.2 Å². The number of rotatable bonds is 2. The van der Waals surface area contributed by atoms with Crippen LogP contribution < -0.4 is 10.6 Å².